The van der Waals surface area contributed by atoms with Crippen LogP contribution in [0.3, 0.4) is 0 Å². The van der Waals surface area contributed by atoms with Crippen molar-refractivity contribution in [3.63, 3.8) is 0 Å². The summed E-state index contributed by atoms with van der Waals surface area (Å²) >= 11 is 0. The predicted octanol–water partition coefficient (Wildman–Crippen LogP) is 1.51. The van der Waals surface area contributed by atoms with Crippen molar-refractivity contribution in [2.24, 2.45) is 18.2 Å². The molecule has 112 valence electrons. The van der Waals surface area contributed by atoms with Gasteiger partial charge in [0.2, 0.25) is 5.91 Å². The fraction of sp³-hybridized carbons (Fsp3) is 0.571. The molecule has 0 aromatic carbocycles. The van der Waals surface area contributed by atoms with Crippen LogP contribution in [0.15, 0.2) is 12.3 Å². The molecule has 1 rings (SSSR count). The summed E-state index contributed by atoms with van der Waals surface area (Å²) in [7, 11) is 1.71. The quantitative estimate of drug-likeness (QED) is 0.819. The van der Waals surface area contributed by atoms with Crippen molar-refractivity contribution in [2.75, 3.05) is 11.9 Å². The summed E-state index contributed by atoms with van der Waals surface area (Å²) in [5.41, 5.74) is 6.46. The number of aryl methyl sites for hydroxylation is 1. The van der Waals surface area contributed by atoms with E-state index in [0.29, 0.717) is 18.0 Å². The highest BCUT2D eigenvalue weighted by molar-refractivity contribution is 5.97. The largest absolute Gasteiger partial charge is 0.461 e. The van der Waals surface area contributed by atoms with Crippen LogP contribution in [0, 0.1) is 5.41 Å². The maximum absolute atomic E-state index is 12.0. The molecular weight excluding hydrogens is 258 g/mol. The van der Waals surface area contributed by atoms with Crippen LogP contribution in [0.2, 0.25) is 0 Å². The lowest BCUT2D eigenvalue weighted by Gasteiger charge is -2.25. The number of nitrogens with one attached hydrogen (secondary N) is 1. The Bertz CT molecular complexity index is 500. The van der Waals surface area contributed by atoms with Gasteiger partial charge in [-0.15, -0.1) is 0 Å². The second kappa shape index (κ2) is 6.09. The highest BCUT2D eigenvalue weighted by atomic mass is 16.5. The van der Waals surface area contributed by atoms with E-state index in [4.69, 9.17) is 10.5 Å². The van der Waals surface area contributed by atoms with Crippen LogP contribution < -0.4 is 11.1 Å². The fourth-order valence-corrected chi connectivity index (χ4v) is 1.65. The van der Waals surface area contributed by atoms with Gasteiger partial charge in [0.15, 0.2) is 0 Å². The van der Waals surface area contributed by atoms with Crippen molar-refractivity contribution in [3.05, 3.63) is 18.0 Å². The lowest BCUT2D eigenvalue weighted by Crippen LogP contribution is -2.45. The normalized spacial score (nSPS) is 12.9. The second-order valence-electron chi connectivity index (χ2n) is 5.78. The first-order valence-electron chi connectivity index (χ1n) is 6.56. The molecule has 1 aromatic rings. The number of carbonyl (C=O) groups is 2. The third kappa shape index (κ3) is 3.84. The molecule has 0 radical (unpaired) electrons. The molecule has 0 unspecified atom stereocenters. The topological polar surface area (TPSA) is 86.3 Å². The number of esters is 1. The molecule has 1 atom stereocenters. The maximum Gasteiger partial charge on any atom is 0.355 e. The van der Waals surface area contributed by atoms with E-state index in [1.54, 1.807) is 30.8 Å². The van der Waals surface area contributed by atoms with Gasteiger partial charge in [-0.3, -0.25) is 4.79 Å². The number of amides is 1. The van der Waals surface area contributed by atoms with Crippen molar-refractivity contribution in [2.45, 2.75) is 33.7 Å². The Morgan fingerprint density at radius 2 is 2.05 bits per heavy atom. The van der Waals surface area contributed by atoms with Gasteiger partial charge in [-0.1, -0.05) is 20.8 Å². The predicted molar refractivity (Wildman–Crippen MR) is 77.4 cm³/mol. The summed E-state index contributed by atoms with van der Waals surface area (Å²) in [5.74, 6) is -0.700. The maximum atomic E-state index is 12.0. The zero-order chi connectivity index (χ0) is 15.5. The van der Waals surface area contributed by atoms with Gasteiger partial charge >= 0.3 is 5.97 Å². The van der Waals surface area contributed by atoms with Crippen molar-refractivity contribution >= 4 is 17.6 Å². The van der Waals surface area contributed by atoms with Gasteiger partial charge in [-0.2, -0.15) is 0 Å². The summed E-state index contributed by atoms with van der Waals surface area (Å²) in [6, 6.07) is 0.944. The Kier molecular flexibility index (Phi) is 4.94. The summed E-state index contributed by atoms with van der Waals surface area (Å²) in [6.07, 6.45) is 1.65. The molecule has 0 aliphatic rings. The molecular formula is C14H23N3O3. The van der Waals surface area contributed by atoms with E-state index in [-0.39, 0.29) is 11.3 Å². The van der Waals surface area contributed by atoms with E-state index in [0.717, 1.165) is 0 Å². The molecule has 0 fully saturated rings. The standard InChI is InChI=1S/C14H23N3O3/c1-6-20-13(19)10-7-9(8-17(10)5)16-12(18)11(15)14(2,3)4/h7-8,11H,6,15H2,1-5H3,(H,16,18)/t11-/m1/s1. The van der Waals surface area contributed by atoms with E-state index >= 15 is 0 Å². The zero-order valence-corrected chi connectivity index (χ0v) is 12.7. The number of nitrogens with two attached hydrogens (primary N) is 1. The summed E-state index contributed by atoms with van der Waals surface area (Å²) in [5, 5.41) is 2.71. The van der Waals surface area contributed by atoms with Gasteiger partial charge in [0.05, 0.1) is 18.3 Å². The molecule has 6 heteroatoms. The monoisotopic (exact) mass is 281 g/mol. The number of rotatable bonds is 4. The van der Waals surface area contributed by atoms with Crippen molar-refractivity contribution in [1.29, 1.82) is 0 Å². The molecule has 0 spiro atoms. The Labute approximate surface area is 119 Å². The fourth-order valence-electron chi connectivity index (χ4n) is 1.65. The van der Waals surface area contributed by atoms with Gasteiger partial charge in [0.1, 0.15) is 5.69 Å². The van der Waals surface area contributed by atoms with E-state index in [1.807, 2.05) is 20.8 Å². The Morgan fingerprint density at radius 3 is 2.55 bits per heavy atom. The molecule has 0 saturated carbocycles. The lowest BCUT2D eigenvalue weighted by atomic mass is 9.87. The molecule has 20 heavy (non-hydrogen) atoms. The summed E-state index contributed by atoms with van der Waals surface area (Å²) in [4.78, 5) is 23.7. The lowest BCUT2D eigenvalue weighted by molar-refractivity contribution is -0.119. The number of nitrogens with zero attached hydrogens (tertiary/aromatic N) is 1. The van der Waals surface area contributed by atoms with Crippen LogP contribution in [0.25, 0.3) is 0 Å². The van der Waals surface area contributed by atoms with E-state index in [1.165, 1.54) is 0 Å². The smallest absolute Gasteiger partial charge is 0.355 e. The first-order valence-corrected chi connectivity index (χ1v) is 6.56. The summed E-state index contributed by atoms with van der Waals surface area (Å²) in [6.45, 7) is 7.73. The number of anilines is 1. The van der Waals surface area contributed by atoms with Crippen LogP contribution in [-0.4, -0.2) is 29.1 Å². The Hall–Kier alpha value is -1.82. The van der Waals surface area contributed by atoms with Crippen molar-refractivity contribution in [1.82, 2.24) is 4.57 Å². The number of hydrogen-bond acceptors (Lipinski definition) is 4. The average Bonchev–Trinajstić information content (AvgIpc) is 2.68. The van der Waals surface area contributed by atoms with E-state index in [2.05, 4.69) is 5.32 Å². The van der Waals surface area contributed by atoms with Crippen LogP contribution in [0.4, 0.5) is 5.69 Å². The number of aromatic nitrogens is 1. The number of hydrogen-bond donors (Lipinski definition) is 2. The molecule has 0 bridgehead atoms. The second-order valence-corrected chi connectivity index (χ2v) is 5.78. The van der Waals surface area contributed by atoms with Crippen LogP contribution >= 0.6 is 0 Å². The molecule has 1 amide bonds. The average molecular weight is 281 g/mol. The minimum atomic E-state index is -0.631. The molecule has 1 aromatic heterocycles. The van der Waals surface area contributed by atoms with Crippen LogP contribution in [-0.2, 0) is 16.6 Å². The molecule has 1 heterocycles. The van der Waals surface area contributed by atoms with Gasteiger partial charge in [-0.25, -0.2) is 4.79 Å². The van der Waals surface area contributed by atoms with E-state index < -0.39 is 12.0 Å². The van der Waals surface area contributed by atoms with Crippen molar-refractivity contribution < 1.29 is 14.3 Å². The molecule has 3 N–H and O–H groups in total. The minimum absolute atomic E-state index is 0.279. The Balaban J connectivity index is 2.82. The number of carbonyl (C=O) groups excluding carboxylic acids is 2. The molecule has 0 aliphatic carbocycles. The van der Waals surface area contributed by atoms with Gasteiger partial charge in [-0.05, 0) is 18.4 Å². The zero-order valence-electron chi connectivity index (χ0n) is 12.7. The first kappa shape index (κ1) is 16.2. The molecule has 0 saturated heterocycles. The minimum Gasteiger partial charge on any atom is -0.461 e. The third-order valence-corrected chi connectivity index (χ3v) is 2.97. The Morgan fingerprint density at radius 1 is 1.45 bits per heavy atom. The van der Waals surface area contributed by atoms with Crippen LogP contribution in [0.1, 0.15) is 38.2 Å². The van der Waals surface area contributed by atoms with Gasteiger partial charge < -0.3 is 20.4 Å². The third-order valence-electron chi connectivity index (χ3n) is 2.97. The van der Waals surface area contributed by atoms with Gasteiger partial charge in [0, 0.05) is 13.2 Å². The summed E-state index contributed by atoms with van der Waals surface area (Å²) < 4.78 is 6.54. The van der Waals surface area contributed by atoms with Gasteiger partial charge in [0.25, 0.3) is 0 Å². The highest BCUT2D eigenvalue weighted by Gasteiger charge is 2.27. The van der Waals surface area contributed by atoms with Crippen LogP contribution in [0.5, 0.6) is 0 Å². The SMILES string of the molecule is CCOC(=O)c1cc(NC(=O)[C@@H](N)C(C)(C)C)cn1C. The molecule has 6 nitrogen and oxygen atoms in total. The van der Waals surface area contributed by atoms with E-state index in [9.17, 15) is 9.59 Å². The number of ether oxygens (including phenoxy) is 1. The van der Waals surface area contributed by atoms with Crippen molar-refractivity contribution in [3.8, 4) is 0 Å². The molecule has 0 aliphatic heterocycles. The highest BCUT2D eigenvalue weighted by Crippen LogP contribution is 2.20. The first-order chi connectivity index (χ1) is 9.16.